The second-order valence-electron chi connectivity index (χ2n) is 5.54. The predicted octanol–water partition coefficient (Wildman–Crippen LogP) is 2.90. The number of likely N-dealkylation sites (tertiary alicyclic amines) is 1. The molecular formula is C15H23FN2. The van der Waals surface area contributed by atoms with Gasteiger partial charge < -0.3 is 5.73 Å². The maximum atomic E-state index is 14.1. The maximum absolute atomic E-state index is 14.1. The van der Waals surface area contributed by atoms with Gasteiger partial charge in [0.05, 0.1) is 0 Å². The highest BCUT2D eigenvalue weighted by Crippen LogP contribution is 2.25. The van der Waals surface area contributed by atoms with Gasteiger partial charge in [0.2, 0.25) is 0 Å². The van der Waals surface area contributed by atoms with Gasteiger partial charge in [0.15, 0.2) is 0 Å². The quantitative estimate of drug-likeness (QED) is 0.893. The van der Waals surface area contributed by atoms with E-state index in [9.17, 15) is 4.39 Å². The third-order valence-electron chi connectivity index (χ3n) is 4.03. The predicted molar refractivity (Wildman–Crippen MR) is 72.6 cm³/mol. The largest absolute Gasteiger partial charge is 0.326 e. The molecule has 2 N–H and O–H groups in total. The maximum Gasteiger partial charge on any atom is 0.132 e. The summed E-state index contributed by atoms with van der Waals surface area (Å²) in [7, 11) is 0. The minimum atomic E-state index is -0.120. The molecule has 1 aromatic rings. The highest BCUT2D eigenvalue weighted by atomic mass is 19.1. The molecule has 18 heavy (non-hydrogen) atoms. The van der Waals surface area contributed by atoms with Crippen molar-refractivity contribution in [1.29, 1.82) is 0 Å². The van der Waals surface area contributed by atoms with Crippen molar-refractivity contribution < 1.29 is 4.39 Å². The molecule has 2 unspecified atom stereocenters. The number of piperidine rings is 1. The fourth-order valence-electron chi connectivity index (χ4n) is 2.82. The molecule has 0 radical (unpaired) electrons. The summed E-state index contributed by atoms with van der Waals surface area (Å²) in [4.78, 5) is 2.37. The van der Waals surface area contributed by atoms with Crippen LogP contribution in [0, 0.1) is 11.7 Å². The average molecular weight is 250 g/mol. The Morgan fingerprint density at radius 2 is 2.06 bits per heavy atom. The summed E-state index contributed by atoms with van der Waals surface area (Å²) in [6.07, 6.45) is 2.42. The van der Waals surface area contributed by atoms with Crippen molar-refractivity contribution in [2.45, 2.75) is 45.8 Å². The normalized spacial score (nSPS) is 25.3. The molecule has 2 nitrogen and oxygen atoms in total. The van der Waals surface area contributed by atoms with Gasteiger partial charge in [-0.05, 0) is 32.2 Å². The van der Waals surface area contributed by atoms with Crippen LogP contribution >= 0.6 is 0 Å². The van der Waals surface area contributed by atoms with E-state index < -0.39 is 0 Å². The lowest BCUT2D eigenvalue weighted by atomic mass is 9.93. The SMILES string of the molecule is CC1CCN(Cc2cccc(CN)c2F)C(C)C1. The smallest absolute Gasteiger partial charge is 0.132 e. The van der Waals surface area contributed by atoms with E-state index in [2.05, 4.69) is 18.7 Å². The molecule has 0 aliphatic carbocycles. The van der Waals surface area contributed by atoms with Gasteiger partial charge in [0.25, 0.3) is 0 Å². The van der Waals surface area contributed by atoms with E-state index in [1.807, 2.05) is 12.1 Å². The molecule has 1 heterocycles. The van der Waals surface area contributed by atoms with Crippen LogP contribution in [0.1, 0.15) is 37.8 Å². The fourth-order valence-corrected chi connectivity index (χ4v) is 2.82. The lowest BCUT2D eigenvalue weighted by Gasteiger charge is -2.36. The first-order valence-electron chi connectivity index (χ1n) is 6.82. The summed E-state index contributed by atoms with van der Waals surface area (Å²) in [6, 6.07) is 6.08. The van der Waals surface area contributed by atoms with Gasteiger partial charge >= 0.3 is 0 Å². The molecule has 0 aromatic heterocycles. The lowest BCUT2D eigenvalue weighted by Crippen LogP contribution is -2.39. The molecule has 0 saturated carbocycles. The Labute approximate surface area is 109 Å². The average Bonchev–Trinajstić information content (AvgIpc) is 2.35. The van der Waals surface area contributed by atoms with Gasteiger partial charge in [-0.2, -0.15) is 0 Å². The molecule has 1 aliphatic rings. The topological polar surface area (TPSA) is 29.3 Å². The van der Waals surface area contributed by atoms with E-state index >= 15 is 0 Å². The van der Waals surface area contributed by atoms with E-state index in [1.165, 1.54) is 12.8 Å². The Kier molecular flexibility index (Phi) is 4.36. The number of hydrogen-bond acceptors (Lipinski definition) is 2. The van der Waals surface area contributed by atoms with Gasteiger partial charge in [-0.1, -0.05) is 25.1 Å². The molecule has 2 atom stereocenters. The summed E-state index contributed by atoms with van der Waals surface area (Å²) in [5, 5.41) is 0. The molecule has 100 valence electrons. The van der Waals surface area contributed by atoms with Gasteiger partial charge in [-0.15, -0.1) is 0 Å². The van der Waals surface area contributed by atoms with Crippen molar-refractivity contribution in [2.24, 2.45) is 11.7 Å². The summed E-state index contributed by atoms with van der Waals surface area (Å²) in [5.41, 5.74) is 6.94. The van der Waals surface area contributed by atoms with E-state index in [-0.39, 0.29) is 12.4 Å². The zero-order valence-electron chi connectivity index (χ0n) is 11.3. The van der Waals surface area contributed by atoms with Crippen LogP contribution in [0.15, 0.2) is 18.2 Å². The van der Waals surface area contributed by atoms with Crippen molar-refractivity contribution >= 4 is 0 Å². The minimum Gasteiger partial charge on any atom is -0.326 e. The Morgan fingerprint density at radius 3 is 2.72 bits per heavy atom. The van der Waals surface area contributed by atoms with Crippen LogP contribution in [0.5, 0.6) is 0 Å². The van der Waals surface area contributed by atoms with Crippen LogP contribution in [-0.2, 0) is 13.1 Å². The first kappa shape index (κ1) is 13.5. The molecule has 1 fully saturated rings. The second kappa shape index (κ2) is 5.81. The molecule has 1 aromatic carbocycles. The first-order valence-corrected chi connectivity index (χ1v) is 6.82. The summed E-state index contributed by atoms with van der Waals surface area (Å²) >= 11 is 0. The lowest BCUT2D eigenvalue weighted by molar-refractivity contribution is 0.121. The van der Waals surface area contributed by atoms with E-state index in [0.717, 1.165) is 18.0 Å². The zero-order chi connectivity index (χ0) is 13.1. The third kappa shape index (κ3) is 2.90. The minimum absolute atomic E-state index is 0.120. The van der Waals surface area contributed by atoms with Gasteiger partial charge in [-0.3, -0.25) is 4.90 Å². The molecule has 3 heteroatoms. The Hall–Kier alpha value is -0.930. The van der Waals surface area contributed by atoms with Crippen LogP contribution in [0.2, 0.25) is 0 Å². The van der Waals surface area contributed by atoms with Gasteiger partial charge in [0, 0.05) is 30.3 Å². The summed E-state index contributed by atoms with van der Waals surface area (Å²) < 4.78 is 14.1. The van der Waals surface area contributed by atoms with Crippen LogP contribution in [-0.4, -0.2) is 17.5 Å². The molecule has 0 bridgehead atoms. The van der Waals surface area contributed by atoms with E-state index in [0.29, 0.717) is 18.2 Å². The highest BCUT2D eigenvalue weighted by molar-refractivity contribution is 5.26. The number of halogens is 1. The monoisotopic (exact) mass is 250 g/mol. The van der Waals surface area contributed by atoms with Crippen LogP contribution < -0.4 is 5.73 Å². The third-order valence-corrected chi connectivity index (χ3v) is 4.03. The number of benzene rings is 1. The Balaban J connectivity index is 2.09. The molecule has 1 aliphatic heterocycles. The van der Waals surface area contributed by atoms with Crippen LogP contribution in [0.3, 0.4) is 0 Å². The van der Waals surface area contributed by atoms with Crippen LogP contribution in [0.25, 0.3) is 0 Å². The van der Waals surface area contributed by atoms with Crippen molar-refractivity contribution in [1.82, 2.24) is 4.90 Å². The number of hydrogen-bond donors (Lipinski definition) is 1. The zero-order valence-corrected chi connectivity index (χ0v) is 11.3. The molecule has 2 rings (SSSR count). The number of nitrogens with two attached hydrogens (primary N) is 1. The standard InChI is InChI=1S/C15H23FN2/c1-11-6-7-18(12(2)8-11)10-14-5-3-4-13(9-17)15(14)16/h3-5,11-12H,6-10,17H2,1-2H3. The van der Waals surface area contributed by atoms with Crippen molar-refractivity contribution in [3.8, 4) is 0 Å². The Morgan fingerprint density at radius 1 is 1.33 bits per heavy atom. The van der Waals surface area contributed by atoms with Gasteiger partial charge in [0.1, 0.15) is 5.82 Å². The van der Waals surface area contributed by atoms with Crippen molar-refractivity contribution in [3.05, 3.63) is 35.1 Å². The Bertz CT molecular complexity index is 405. The van der Waals surface area contributed by atoms with Crippen molar-refractivity contribution in [2.75, 3.05) is 6.54 Å². The second-order valence-corrected chi connectivity index (χ2v) is 5.54. The van der Waals surface area contributed by atoms with E-state index in [1.54, 1.807) is 6.07 Å². The summed E-state index contributed by atoms with van der Waals surface area (Å²) in [5.74, 6) is 0.669. The first-order chi connectivity index (χ1) is 8.61. The van der Waals surface area contributed by atoms with Gasteiger partial charge in [-0.25, -0.2) is 4.39 Å². The summed E-state index contributed by atoms with van der Waals surface area (Å²) in [6.45, 7) is 6.57. The molecule has 0 spiro atoms. The number of rotatable bonds is 3. The molecule has 1 saturated heterocycles. The van der Waals surface area contributed by atoms with E-state index in [4.69, 9.17) is 5.73 Å². The number of nitrogens with zero attached hydrogens (tertiary/aromatic N) is 1. The van der Waals surface area contributed by atoms with Crippen LogP contribution in [0.4, 0.5) is 4.39 Å². The highest BCUT2D eigenvalue weighted by Gasteiger charge is 2.23. The molecular weight excluding hydrogens is 227 g/mol. The molecule has 0 amide bonds. The fraction of sp³-hybridized carbons (Fsp3) is 0.600. The van der Waals surface area contributed by atoms with Crippen molar-refractivity contribution in [3.63, 3.8) is 0 Å².